The smallest absolute Gasteiger partial charge is 0.328 e. The zero-order valence-corrected chi connectivity index (χ0v) is 30.9. The Morgan fingerprint density at radius 1 is 0.981 bits per heavy atom. The molecule has 0 aromatic heterocycles. The fourth-order valence-corrected chi connectivity index (χ4v) is 6.90. The highest BCUT2D eigenvalue weighted by molar-refractivity contribution is 5.98. The van der Waals surface area contributed by atoms with Crippen LogP contribution in [0, 0.1) is 11.6 Å². The predicted molar refractivity (Wildman–Crippen MR) is 187 cm³/mol. The van der Waals surface area contributed by atoms with Gasteiger partial charge >= 0.3 is 5.97 Å². The van der Waals surface area contributed by atoms with E-state index in [0.29, 0.717) is 25.3 Å². The van der Waals surface area contributed by atoms with Gasteiger partial charge in [-0.2, -0.15) is 0 Å². The highest BCUT2D eigenvalue weighted by Gasteiger charge is 2.45. The van der Waals surface area contributed by atoms with Crippen LogP contribution in [0.25, 0.3) is 0 Å². The van der Waals surface area contributed by atoms with Crippen LogP contribution < -0.4 is 10.6 Å². The predicted octanol–water partition coefficient (Wildman–Crippen LogP) is 1.46. The molecule has 4 rings (SSSR count). The van der Waals surface area contributed by atoms with Crippen molar-refractivity contribution in [2.75, 3.05) is 33.8 Å². The number of esters is 1. The Morgan fingerprint density at radius 3 is 2.25 bits per heavy atom. The lowest BCUT2D eigenvalue weighted by molar-refractivity contribution is -0.161. The second kappa shape index (κ2) is 18.2. The Hall–Kier alpha value is -4.89. The van der Waals surface area contributed by atoms with Crippen LogP contribution >= 0.6 is 0 Å². The Bertz CT molecular complexity index is 1590. The number of cyclic esters (lactones) is 1. The number of fused-ring (bicyclic) bond motifs is 2. The van der Waals surface area contributed by atoms with Crippen LogP contribution in [0.15, 0.2) is 30.4 Å². The van der Waals surface area contributed by atoms with Crippen molar-refractivity contribution >= 4 is 41.4 Å². The van der Waals surface area contributed by atoms with Crippen LogP contribution in [0.3, 0.4) is 0 Å². The van der Waals surface area contributed by atoms with Crippen molar-refractivity contribution in [3.8, 4) is 0 Å². The maximum absolute atomic E-state index is 14.4. The topological polar surface area (TPSA) is 166 Å². The molecule has 6 atom stereocenters. The molecule has 6 amide bonds. The molecule has 3 saturated heterocycles. The summed E-state index contributed by atoms with van der Waals surface area (Å²) < 4.78 is 34.1. The summed E-state index contributed by atoms with van der Waals surface area (Å²) in [4.78, 5) is 100. The maximum Gasteiger partial charge on any atom is 0.328 e. The van der Waals surface area contributed by atoms with Gasteiger partial charge in [0.2, 0.25) is 35.4 Å². The molecule has 0 bridgehead atoms. The van der Waals surface area contributed by atoms with Gasteiger partial charge in [0.25, 0.3) is 0 Å². The molecule has 2 N–H and O–H groups in total. The Morgan fingerprint density at radius 2 is 1.60 bits per heavy atom. The molecule has 0 radical (unpaired) electrons. The normalized spacial score (nSPS) is 25.2. The molecule has 0 aliphatic carbocycles. The number of rotatable bonds is 9. The van der Waals surface area contributed by atoms with E-state index in [4.69, 9.17) is 4.74 Å². The Balaban J connectivity index is 1.70. The molecule has 3 fully saturated rings. The van der Waals surface area contributed by atoms with Gasteiger partial charge in [-0.05, 0) is 69.7 Å². The molecule has 53 heavy (non-hydrogen) atoms. The zero-order valence-electron chi connectivity index (χ0n) is 30.9. The number of unbranched alkanes of at least 4 members (excludes halogenated alkanes) is 2. The van der Waals surface area contributed by atoms with Crippen molar-refractivity contribution in [3.05, 3.63) is 47.5 Å². The highest BCUT2D eigenvalue weighted by Crippen LogP contribution is 2.25. The van der Waals surface area contributed by atoms with Crippen molar-refractivity contribution in [3.63, 3.8) is 0 Å². The summed E-state index contributed by atoms with van der Waals surface area (Å²) in [6.45, 7) is 4.67. The monoisotopic (exact) mass is 744 g/mol. The van der Waals surface area contributed by atoms with Crippen LogP contribution in [0.1, 0.15) is 71.3 Å². The number of hydrogen-bond donors (Lipinski definition) is 2. The third kappa shape index (κ3) is 9.96. The van der Waals surface area contributed by atoms with Crippen molar-refractivity contribution in [1.29, 1.82) is 0 Å². The first-order valence-electron chi connectivity index (χ1n) is 18.2. The second-order valence-electron chi connectivity index (χ2n) is 13.9. The number of amides is 6. The molecule has 0 saturated carbocycles. The fraction of sp³-hybridized carbons (Fsp3) is 0.595. The van der Waals surface area contributed by atoms with Crippen LogP contribution in [-0.2, 0) is 44.7 Å². The van der Waals surface area contributed by atoms with Crippen LogP contribution in [0.4, 0.5) is 8.78 Å². The maximum atomic E-state index is 14.4. The molecule has 1 aromatic carbocycles. The van der Waals surface area contributed by atoms with Crippen LogP contribution in [0.2, 0.25) is 0 Å². The van der Waals surface area contributed by atoms with Gasteiger partial charge < -0.3 is 35.0 Å². The van der Waals surface area contributed by atoms with E-state index in [0.717, 1.165) is 29.9 Å². The molecule has 0 unspecified atom stereocenters. The van der Waals surface area contributed by atoms with E-state index in [1.807, 2.05) is 6.92 Å². The SMILES string of the molecule is CCCC/C=C/C(=O)N[C@@H](Cc1cc(F)cc(F)c1)C(=O)N(C)[C@H]1COC(=O)[C@@H]2CCCN2C(=O)[C@H](C)NC(=O)[C@H](C)N(C)C(=O)[C@@H]2CCCN2C1=O. The van der Waals surface area contributed by atoms with Gasteiger partial charge in [-0.1, -0.05) is 25.8 Å². The molecular formula is C37H50F2N6O8. The fourth-order valence-electron chi connectivity index (χ4n) is 6.90. The van der Waals surface area contributed by atoms with Crippen molar-refractivity contribution < 1.29 is 47.1 Å². The third-order valence-corrected chi connectivity index (χ3v) is 10.1. The molecule has 290 valence electrons. The van der Waals surface area contributed by atoms with E-state index in [9.17, 15) is 42.3 Å². The van der Waals surface area contributed by atoms with Gasteiger partial charge in [0.1, 0.15) is 54.5 Å². The number of benzene rings is 1. The summed E-state index contributed by atoms with van der Waals surface area (Å²) in [5, 5.41) is 5.22. The highest BCUT2D eigenvalue weighted by atomic mass is 19.1. The number of ether oxygens (including phenoxy) is 1. The van der Waals surface area contributed by atoms with Crippen LogP contribution in [0.5, 0.6) is 0 Å². The van der Waals surface area contributed by atoms with Gasteiger partial charge in [0.15, 0.2) is 0 Å². The first kappa shape index (κ1) is 40.9. The number of nitrogens with zero attached hydrogens (tertiary/aromatic N) is 4. The average Bonchev–Trinajstić information content (AvgIpc) is 3.81. The van der Waals surface area contributed by atoms with Gasteiger partial charge in [0.05, 0.1) is 0 Å². The molecule has 3 aliphatic rings. The molecule has 14 nitrogen and oxygen atoms in total. The first-order valence-corrected chi connectivity index (χ1v) is 18.2. The summed E-state index contributed by atoms with van der Waals surface area (Å²) in [6, 6.07) is -4.26. The minimum Gasteiger partial charge on any atom is -0.461 e. The number of carbonyl (C=O) groups is 7. The largest absolute Gasteiger partial charge is 0.461 e. The van der Waals surface area contributed by atoms with Gasteiger partial charge in [-0.15, -0.1) is 0 Å². The van der Waals surface area contributed by atoms with E-state index in [1.165, 1.54) is 48.7 Å². The Kier molecular flexibility index (Phi) is 14.1. The van der Waals surface area contributed by atoms with Gasteiger partial charge in [-0.25, -0.2) is 13.6 Å². The van der Waals surface area contributed by atoms with Crippen LogP contribution in [-0.4, -0.2) is 131 Å². The first-order chi connectivity index (χ1) is 25.1. The molecule has 16 heteroatoms. The number of halogens is 2. The number of likely N-dealkylation sites (N-methyl/N-ethyl adjacent to an activating group) is 2. The number of carbonyl (C=O) groups excluding carboxylic acids is 7. The van der Waals surface area contributed by atoms with E-state index in [-0.39, 0.29) is 37.9 Å². The van der Waals surface area contributed by atoms with Crippen molar-refractivity contribution in [1.82, 2.24) is 30.2 Å². The second-order valence-corrected chi connectivity index (χ2v) is 13.9. The lowest BCUT2D eigenvalue weighted by Crippen LogP contribution is -2.60. The van der Waals surface area contributed by atoms with Gasteiger partial charge in [0, 0.05) is 39.7 Å². The minimum atomic E-state index is -1.51. The van der Waals surface area contributed by atoms with Crippen molar-refractivity contribution in [2.24, 2.45) is 0 Å². The number of allylic oxidation sites excluding steroid dienone is 1. The number of nitrogens with one attached hydrogen (secondary N) is 2. The summed E-state index contributed by atoms with van der Waals surface area (Å²) in [7, 11) is 2.70. The summed E-state index contributed by atoms with van der Waals surface area (Å²) >= 11 is 0. The lowest BCUT2D eigenvalue weighted by atomic mass is 10.0. The van der Waals surface area contributed by atoms with Crippen molar-refractivity contribution in [2.45, 2.75) is 108 Å². The van der Waals surface area contributed by atoms with E-state index in [2.05, 4.69) is 10.6 Å². The minimum absolute atomic E-state index is 0.0619. The summed E-state index contributed by atoms with van der Waals surface area (Å²) in [5.41, 5.74) is 0.0619. The van der Waals surface area contributed by atoms with E-state index in [1.54, 1.807) is 6.08 Å². The average molecular weight is 745 g/mol. The van der Waals surface area contributed by atoms with Gasteiger partial charge in [-0.3, -0.25) is 28.8 Å². The summed E-state index contributed by atoms with van der Waals surface area (Å²) in [5.74, 6) is -6.46. The molecular weight excluding hydrogens is 694 g/mol. The third-order valence-electron chi connectivity index (χ3n) is 10.1. The zero-order chi connectivity index (χ0) is 39.0. The lowest BCUT2D eigenvalue weighted by Gasteiger charge is -2.36. The molecule has 0 spiro atoms. The standard InChI is InChI=1S/C37H50F2N6O8/c1-6-7-8-9-14-31(46)41-27(19-24-17-25(38)20-26(39)18-24)34(49)43(5)30-21-53-37(52)29-13-11-16-45(29)33(48)22(2)40-32(47)23(3)42(4)35(50)28-12-10-15-44(28)36(30)51/h9,14,17-18,20,22-23,27-30H,6-8,10-13,15-16,19,21H2,1-5H3,(H,40,47)(H,41,46)/b14-9+/t22-,23-,27-,28-,29-,30-/m0/s1. The molecule has 3 heterocycles. The van der Waals surface area contributed by atoms with E-state index < -0.39 is 95.9 Å². The Labute approximate surface area is 308 Å². The summed E-state index contributed by atoms with van der Waals surface area (Å²) in [6.07, 6.45) is 6.31. The quantitative estimate of drug-likeness (QED) is 0.218. The van der Waals surface area contributed by atoms with E-state index >= 15 is 0 Å². The molecule has 3 aliphatic heterocycles. The molecule has 1 aromatic rings. The number of hydrogen-bond acceptors (Lipinski definition) is 8.